The second-order valence-corrected chi connectivity index (χ2v) is 7.35. The molecular formula is C11H21NO2S. The summed E-state index contributed by atoms with van der Waals surface area (Å²) in [4.78, 5) is 0. The van der Waals surface area contributed by atoms with Gasteiger partial charge in [0.1, 0.15) is 0 Å². The van der Waals surface area contributed by atoms with E-state index in [1.165, 1.54) is 12.8 Å². The summed E-state index contributed by atoms with van der Waals surface area (Å²) in [7, 11) is -2.84. The van der Waals surface area contributed by atoms with Gasteiger partial charge in [-0.05, 0) is 26.2 Å². The standard InChI is InChI=1S/C11H21NO2S/c1-9-7-8-15(13,14)11-6-4-2-3-5-10(11)12-9/h9-12H,2-8H2,1H3. The fourth-order valence-corrected chi connectivity index (χ4v) is 5.06. The predicted octanol–water partition coefficient (Wildman–Crippen LogP) is 1.48. The molecule has 2 rings (SSSR count). The van der Waals surface area contributed by atoms with Gasteiger partial charge in [0.2, 0.25) is 0 Å². The Hall–Kier alpha value is -0.0900. The van der Waals surface area contributed by atoms with Crippen LogP contribution in [0.2, 0.25) is 0 Å². The van der Waals surface area contributed by atoms with E-state index in [9.17, 15) is 8.42 Å². The lowest BCUT2D eigenvalue weighted by Gasteiger charge is -2.24. The van der Waals surface area contributed by atoms with Crippen LogP contribution < -0.4 is 5.32 Å². The second kappa shape index (κ2) is 4.42. The van der Waals surface area contributed by atoms with Crippen LogP contribution in [0.4, 0.5) is 0 Å². The summed E-state index contributed by atoms with van der Waals surface area (Å²) in [5.74, 6) is 0.377. The highest BCUT2D eigenvalue weighted by atomic mass is 32.2. The fourth-order valence-electron chi connectivity index (χ4n) is 2.84. The summed E-state index contributed by atoms with van der Waals surface area (Å²) in [6.07, 6.45) is 6.13. The van der Waals surface area contributed by atoms with E-state index in [0.717, 1.165) is 25.7 Å². The number of sulfone groups is 1. The largest absolute Gasteiger partial charge is 0.310 e. The average Bonchev–Trinajstić information content (AvgIpc) is 2.44. The Balaban J connectivity index is 2.24. The van der Waals surface area contributed by atoms with Crippen LogP contribution in [0, 0.1) is 0 Å². The van der Waals surface area contributed by atoms with Crippen molar-refractivity contribution >= 4 is 9.84 Å². The van der Waals surface area contributed by atoms with Crippen molar-refractivity contribution < 1.29 is 8.42 Å². The van der Waals surface area contributed by atoms with Gasteiger partial charge in [-0.3, -0.25) is 0 Å². The predicted molar refractivity (Wildman–Crippen MR) is 61.7 cm³/mol. The van der Waals surface area contributed by atoms with Crippen molar-refractivity contribution in [2.24, 2.45) is 0 Å². The molecular weight excluding hydrogens is 210 g/mol. The summed E-state index contributed by atoms with van der Waals surface area (Å²) in [6, 6.07) is 0.572. The average molecular weight is 231 g/mol. The summed E-state index contributed by atoms with van der Waals surface area (Å²) in [6.45, 7) is 2.10. The highest BCUT2D eigenvalue weighted by molar-refractivity contribution is 7.92. The van der Waals surface area contributed by atoms with Crippen LogP contribution in [0.15, 0.2) is 0 Å². The quantitative estimate of drug-likeness (QED) is 0.687. The minimum absolute atomic E-state index is 0.107. The molecule has 1 aliphatic carbocycles. The van der Waals surface area contributed by atoms with Crippen molar-refractivity contribution in [2.45, 2.75) is 62.8 Å². The van der Waals surface area contributed by atoms with Gasteiger partial charge in [0.15, 0.2) is 9.84 Å². The Morgan fingerprint density at radius 2 is 1.80 bits per heavy atom. The first kappa shape index (κ1) is 11.4. The molecule has 1 N–H and O–H groups in total. The maximum Gasteiger partial charge on any atom is 0.154 e. The van der Waals surface area contributed by atoms with Crippen molar-refractivity contribution in [1.29, 1.82) is 0 Å². The van der Waals surface area contributed by atoms with E-state index in [1.807, 2.05) is 0 Å². The smallest absolute Gasteiger partial charge is 0.154 e. The summed E-state index contributed by atoms with van der Waals surface area (Å²) in [5, 5.41) is 3.39. The molecule has 0 amide bonds. The number of hydrogen-bond acceptors (Lipinski definition) is 3. The molecule has 0 bridgehead atoms. The first-order valence-corrected chi connectivity index (χ1v) is 7.79. The topological polar surface area (TPSA) is 46.2 Å². The molecule has 1 heterocycles. The molecule has 1 saturated heterocycles. The van der Waals surface area contributed by atoms with E-state index in [0.29, 0.717) is 11.8 Å². The van der Waals surface area contributed by atoms with E-state index < -0.39 is 9.84 Å². The van der Waals surface area contributed by atoms with Gasteiger partial charge in [-0.1, -0.05) is 19.3 Å². The van der Waals surface area contributed by atoms with Crippen LogP contribution in [0.25, 0.3) is 0 Å². The third-order valence-electron chi connectivity index (χ3n) is 3.75. The molecule has 15 heavy (non-hydrogen) atoms. The molecule has 3 nitrogen and oxygen atoms in total. The molecule has 0 aromatic rings. The SMILES string of the molecule is CC1CCS(=O)(=O)C2CCCCCC2N1. The third kappa shape index (κ3) is 2.53. The zero-order valence-corrected chi connectivity index (χ0v) is 10.2. The molecule has 3 unspecified atom stereocenters. The van der Waals surface area contributed by atoms with E-state index in [-0.39, 0.29) is 11.3 Å². The molecule has 88 valence electrons. The zero-order valence-electron chi connectivity index (χ0n) is 9.41. The van der Waals surface area contributed by atoms with Gasteiger partial charge in [0.25, 0.3) is 0 Å². The van der Waals surface area contributed by atoms with E-state index >= 15 is 0 Å². The highest BCUT2D eigenvalue weighted by Gasteiger charge is 2.37. The van der Waals surface area contributed by atoms with Gasteiger partial charge in [-0.2, -0.15) is 0 Å². The van der Waals surface area contributed by atoms with E-state index in [4.69, 9.17) is 0 Å². The Morgan fingerprint density at radius 3 is 2.60 bits per heavy atom. The Morgan fingerprint density at radius 1 is 1.07 bits per heavy atom. The summed E-state index contributed by atoms with van der Waals surface area (Å²) >= 11 is 0. The lowest BCUT2D eigenvalue weighted by atomic mass is 10.1. The van der Waals surface area contributed by atoms with E-state index in [1.54, 1.807) is 0 Å². The monoisotopic (exact) mass is 231 g/mol. The van der Waals surface area contributed by atoms with Crippen molar-refractivity contribution in [3.05, 3.63) is 0 Å². The minimum atomic E-state index is -2.84. The van der Waals surface area contributed by atoms with Crippen molar-refractivity contribution in [1.82, 2.24) is 5.32 Å². The van der Waals surface area contributed by atoms with Crippen molar-refractivity contribution in [3.8, 4) is 0 Å². The number of nitrogens with one attached hydrogen (secondary N) is 1. The first-order chi connectivity index (χ1) is 7.09. The molecule has 2 fully saturated rings. The maximum atomic E-state index is 12.1. The Bertz CT molecular complexity index is 313. The van der Waals surface area contributed by atoms with Crippen LogP contribution in [0.5, 0.6) is 0 Å². The fraction of sp³-hybridized carbons (Fsp3) is 1.00. The van der Waals surface area contributed by atoms with Gasteiger partial charge in [0.05, 0.1) is 11.0 Å². The van der Waals surface area contributed by atoms with Gasteiger partial charge >= 0.3 is 0 Å². The zero-order chi connectivity index (χ0) is 10.9. The Kier molecular flexibility index (Phi) is 3.36. The molecule has 3 atom stereocenters. The number of rotatable bonds is 0. The Labute approximate surface area is 92.6 Å². The lowest BCUT2D eigenvalue weighted by Crippen LogP contribution is -2.44. The molecule has 4 heteroatoms. The summed E-state index contributed by atoms with van der Waals surface area (Å²) < 4.78 is 24.2. The number of hydrogen-bond donors (Lipinski definition) is 1. The van der Waals surface area contributed by atoms with Gasteiger partial charge in [-0.15, -0.1) is 0 Å². The van der Waals surface area contributed by atoms with Crippen molar-refractivity contribution in [2.75, 3.05) is 5.75 Å². The second-order valence-electron chi connectivity index (χ2n) is 5.01. The van der Waals surface area contributed by atoms with Crippen LogP contribution >= 0.6 is 0 Å². The van der Waals surface area contributed by atoms with E-state index in [2.05, 4.69) is 12.2 Å². The third-order valence-corrected chi connectivity index (χ3v) is 6.04. The molecule has 1 saturated carbocycles. The van der Waals surface area contributed by atoms with Gasteiger partial charge in [0, 0.05) is 12.1 Å². The minimum Gasteiger partial charge on any atom is -0.310 e. The van der Waals surface area contributed by atoms with Crippen molar-refractivity contribution in [3.63, 3.8) is 0 Å². The van der Waals surface area contributed by atoms with Crippen LogP contribution in [-0.2, 0) is 9.84 Å². The van der Waals surface area contributed by atoms with Gasteiger partial charge in [-0.25, -0.2) is 8.42 Å². The normalized spacial score (nSPS) is 41.3. The molecule has 0 aromatic heterocycles. The molecule has 1 aliphatic heterocycles. The van der Waals surface area contributed by atoms with Crippen LogP contribution in [0.3, 0.4) is 0 Å². The van der Waals surface area contributed by atoms with Gasteiger partial charge < -0.3 is 5.32 Å². The highest BCUT2D eigenvalue weighted by Crippen LogP contribution is 2.27. The summed E-state index contributed by atoms with van der Waals surface area (Å²) in [5.41, 5.74) is 0. The lowest BCUT2D eigenvalue weighted by molar-refractivity contribution is 0.414. The molecule has 0 radical (unpaired) electrons. The molecule has 0 aromatic carbocycles. The maximum absolute atomic E-state index is 12.1. The molecule has 0 spiro atoms. The molecule has 2 aliphatic rings. The first-order valence-electron chi connectivity index (χ1n) is 6.07. The number of fused-ring (bicyclic) bond motifs is 1. The van der Waals surface area contributed by atoms with Crippen LogP contribution in [-0.4, -0.2) is 31.5 Å². The van der Waals surface area contributed by atoms with Crippen LogP contribution in [0.1, 0.15) is 45.4 Å².